The average Bonchev–Trinajstić information content (AvgIpc) is 2.13. The molecule has 0 radical (unpaired) electrons. The standard InChI is InChI=1S/C6H3BrN2O6S2.ClH/c7-3-1-2-4(9-8)6(17(13,14)15)5(3)16(10,11)12;/h1-2H,(H-,10,11,12,13,14,15);1H. The summed E-state index contributed by atoms with van der Waals surface area (Å²) in [5, 5.41) is 8.52. The first-order valence-corrected chi connectivity index (χ1v) is 7.39. The van der Waals surface area contributed by atoms with E-state index in [1.165, 1.54) is 0 Å². The Bertz CT molecular complexity index is 723. The van der Waals surface area contributed by atoms with Crippen molar-refractivity contribution in [1.29, 1.82) is 5.39 Å². The summed E-state index contributed by atoms with van der Waals surface area (Å²) in [7, 11) is -9.94. The number of diazo groups is 1. The molecule has 0 unspecified atom stereocenters. The first kappa shape index (κ1) is 17.2. The van der Waals surface area contributed by atoms with Crippen LogP contribution in [-0.2, 0) is 20.2 Å². The molecule has 0 aliphatic carbocycles. The summed E-state index contributed by atoms with van der Waals surface area (Å²) >= 11 is 2.70. The first-order valence-electron chi connectivity index (χ1n) is 3.71. The third-order valence-corrected chi connectivity index (χ3v) is 4.59. The predicted molar refractivity (Wildman–Crippen MR) is 58.5 cm³/mol. The molecule has 8 nitrogen and oxygen atoms in total. The molecule has 0 bridgehead atoms. The van der Waals surface area contributed by atoms with Crippen LogP contribution in [0.5, 0.6) is 0 Å². The molecule has 1 rings (SSSR count). The van der Waals surface area contributed by atoms with Gasteiger partial charge in [0.1, 0.15) is 4.90 Å². The fourth-order valence-corrected chi connectivity index (χ4v) is 4.17. The summed E-state index contributed by atoms with van der Waals surface area (Å²) in [6, 6.07) is 1.97. The molecule has 1 aromatic rings. The van der Waals surface area contributed by atoms with Crippen molar-refractivity contribution < 1.29 is 38.3 Å². The van der Waals surface area contributed by atoms with Crippen LogP contribution in [0.1, 0.15) is 0 Å². The summed E-state index contributed by atoms with van der Waals surface area (Å²) in [4.78, 5) is 0.204. The first-order chi connectivity index (χ1) is 7.59. The highest BCUT2D eigenvalue weighted by Crippen LogP contribution is 2.36. The highest BCUT2D eigenvalue weighted by molar-refractivity contribution is 9.10. The minimum Gasteiger partial charge on any atom is -1.00 e. The van der Waals surface area contributed by atoms with Crippen LogP contribution in [0, 0.1) is 5.39 Å². The fraction of sp³-hybridized carbons (Fsp3) is 0. The van der Waals surface area contributed by atoms with Gasteiger partial charge >= 0.3 is 15.8 Å². The molecule has 1 aromatic carbocycles. The van der Waals surface area contributed by atoms with Crippen LogP contribution in [0.25, 0.3) is 4.98 Å². The van der Waals surface area contributed by atoms with Gasteiger partial charge in [-0.3, -0.25) is 9.11 Å². The number of benzene rings is 1. The van der Waals surface area contributed by atoms with Gasteiger partial charge in [0.05, 0.1) is 0 Å². The topological polar surface area (TPSA) is 137 Å². The van der Waals surface area contributed by atoms with Crippen molar-refractivity contribution in [3.63, 3.8) is 0 Å². The molecule has 0 fully saturated rings. The Kier molecular flexibility index (Phi) is 5.24. The smallest absolute Gasteiger partial charge is 0.407 e. The number of nitrogens with zero attached hydrogens (tertiary/aromatic N) is 2. The Balaban J connectivity index is 0.00000289. The molecule has 0 aliphatic rings. The third-order valence-electron chi connectivity index (χ3n) is 1.67. The van der Waals surface area contributed by atoms with E-state index < -0.39 is 35.7 Å². The molecule has 100 valence electrons. The Morgan fingerprint density at radius 3 is 1.83 bits per heavy atom. The monoisotopic (exact) mass is 378 g/mol. The zero-order chi connectivity index (χ0) is 13.4. The second-order valence-corrected chi connectivity index (χ2v) is 6.35. The van der Waals surface area contributed by atoms with Gasteiger partial charge < -0.3 is 12.4 Å². The Hall–Kier alpha value is -0.770. The third kappa shape index (κ3) is 3.37. The van der Waals surface area contributed by atoms with Crippen molar-refractivity contribution in [2.45, 2.75) is 9.79 Å². The molecule has 12 heteroatoms. The van der Waals surface area contributed by atoms with Crippen molar-refractivity contribution in [1.82, 2.24) is 0 Å². The number of hydrogen-bond acceptors (Lipinski definition) is 5. The Labute approximate surface area is 117 Å². The van der Waals surface area contributed by atoms with Gasteiger partial charge in [-0.2, -0.15) is 16.8 Å². The number of hydrogen-bond donors (Lipinski definition) is 2. The average molecular weight is 380 g/mol. The maximum atomic E-state index is 11.0. The highest BCUT2D eigenvalue weighted by atomic mass is 79.9. The lowest BCUT2D eigenvalue weighted by Gasteiger charge is -2.03. The van der Waals surface area contributed by atoms with Crippen LogP contribution in [0.15, 0.2) is 26.4 Å². The van der Waals surface area contributed by atoms with Gasteiger partial charge in [-0.15, -0.1) is 0 Å². The lowest BCUT2D eigenvalue weighted by molar-refractivity contribution is -0.0000117. The quantitative estimate of drug-likeness (QED) is 0.468. The van der Waals surface area contributed by atoms with Gasteiger partial charge in [0.15, 0.2) is 4.98 Å². The maximum Gasteiger partial charge on any atom is 0.407 e. The van der Waals surface area contributed by atoms with Gasteiger partial charge in [-0.25, -0.2) is 0 Å². The summed E-state index contributed by atoms with van der Waals surface area (Å²) in [5.74, 6) is 0. The molecule has 0 saturated heterocycles. The van der Waals surface area contributed by atoms with Crippen LogP contribution >= 0.6 is 15.9 Å². The lowest BCUT2D eigenvalue weighted by Crippen LogP contribution is -3.00. The van der Waals surface area contributed by atoms with Crippen LogP contribution in [-0.4, -0.2) is 25.9 Å². The van der Waals surface area contributed by atoms with Crippen molar-refractivity contribution >= 4 is 41.9 Å². The Morgan fingerprint density at radius 2 is 1.50 bits per heavy atom. The summed E-state index contributed by atoms with van der Waals surface area (Å²) < 4.78 is 61.5. The summed E-state index contributed by atoms with van der Waals surface area (Å²) in [6.45, 7) is 0. The minimum atomic E-state index is -5.00. The SMILES string of the molecule is N#[N+]c1ccc(Br)c(S(=O)(=O)O)c1S(=O)(=O)O.[Cl-]. The van der Waals surface area contributed by atoms with Gasteiger partial charge in [0, 0.05) is 10.5 Å². The zero-order valence-electron chi connectivity index (χ0n) is 8.15. The number of halogens is 2. The van der Waals surface area contributed by atoms with Crippen LogP contribution in [0.3, 0.4) is 0 Å². The van der Waals surface area contributed by atoms with Gasteiger partial charge in [0.2, 0.25) is 10.3 Å². The van der Waals surface area contributed by atoms with E-state index in [9.17, 15) is 16.8 Å². The predicted octanol–water partition coefficient (Wildman–Crippen LogP) is -1.57. The molecule has 18 heavy (non-hydrogen) atoms. The molecular weight excluding hydrogens is 376 g/mol. The van der Waals surface area contributed by atoms with Gasteiger partial charge in [-0.1, -0.05) is 0 Å². The van der Waals surface area contributed by atoms with Gasteiger partial charge in [0.25, 0.3) is 10.1 Å². The van der Waals surface area contributed by atoms with E-state index in [-0.39, 0.29) is 16.9 Å². The molecule has 0 saturated carbocycles. The summed E-state index contributed by atoms with van der Waals surface area (Å²) in [6.07, 6.45) is 0. The van der Waals surface area contributed by atoms with E-state index in [0.29, 0.717) is 0 Å². The zero-order valence-corrected chi connectivity index (χ0v) is 12.1. The van der Waals surface area contributed by atoms with Crippen molar-refractivity contribution in [3.8, 4) is 0 Å². The van der Waals surface area contributed by atoms with E-state index in [1.54, 1.807) is 0 Å². The summed E-state index contributed by atoms with van der Waals surface area (Å²) in [5.41, 5.74) is -0.719. The molecule has 0 aliphatic heterocycles. The molecule has 0 heterocycles. The minimum absolute atomic E-state index is 0. The second kappa shape index (κ2) is 5.47. The molecular formula is C6H4BrClN2O6S2. The van der Waals surface area contributed by atoms with Crippen molar-refractivity contribution in [3.05, 3.63) is 21.6 Å². The van der Waals surface area contributed by atoms with E-state index in [0.717, 1.165) is 12.1 Å². The van der Waals surface area contributed by atoms with Crippen LogP contribution in [0.4, 0.5) is 5.69 Å². The molecule has 0 spiro atoms. The van der Waals surface area contributed by atoms with E-state index in [1.807, 2.05) is 0 Å². The molecule has 2 N–H and O–H groups in total. The van der Waals surface area contributed by atoms with Gasteiger partial charge in [-0.05, 0) is 22.0 Å². The second-order valence-electron chi connectivity index (χ2n) is 2.77. The lowest BCUT2D eigenvalue weighted by atomic mass is 10.3. The van der Waals surface area contributed by atoms with Crippen molar-refractivity contribution in [2.75, 3.05) is 0 Å². The van der Waals surface area contributed by atoms with Crippen LogP contribution < -0.4 is 12.4 Å². The maximum absolute atomic E-state index is 11.0. The number of rotatable bonds is 2. The van der Waals surface area contributed by atoms with Crippen LogP contribution in [0.2, 0.25) is 0 Å². The van der Waals surface area contributed by atoms with E-state index in [4.69, 9.17) is 14.5 Å². The molecule has 0 atom stereocenters. The normalized spacial score (nSPS) is 11.4. The fourth-order valence-electron chi connectivity index (χ4n) is 1.10. The highest BCUT2D eigenvalue weighted by Gasteiger charge is 2.35. The van der Waals surface area contributed by atoms with E-state index in [2.05, 4.69) is 20.9 Å². The molecule has 0 amide bonds. The largest absolute Gasteiger partial charge is 1.00 e. The van der Waals surface area contributed by atoms with Crippen molar-refractivity contribution in [2.24, 2.45) is 0 Å². The Morgan fingerprint density at radius 1 is 1.06 bits per heavy atom. The van der Waals surface area contributed by atoms with E-state index >= 15 is 0 Å². The molecule has 0 aromatic heterocycles.